The molecule has 3 rings (SSSR count). The van der Waals surface area contributed by atoms with Gasteiger partial charge in [-0.05, 0) is 55.6 Å². The van der Waals surface area contributed by atoms with E-state index in [0.29, 0.717) is 5.69 Å². The monoisotopic (exact) mass is 391 g/mol. The molecule has 25 heavy (non-hydrogen) atoms. The van der Waals surface area contributed by atoms with Gasteiger partial charge in [0.05, 0.1) is 5.02 Å². The third kappa shape index (κ3) is 3.82. The Morgan fingerprint density at radius 1 is 1.16 bits per heavy atom. The minimum absolute atomic E-state index is 0.00103. The fraction of sp³-hybridized carbons (Fsp3) is 0.467. The minimum Gasteiger partial charge on any atom is -0.369 e. The molecule has 1 aromatic rings. The van der Waals surface area contributed by atoms with Crippen molar-refractivity contribution in [2.24, 2.45) is 21.5 Å². The molecular formula is C15H17ClF3N5S. The van der Waals surface area contributed by atoms with E-state index in [9.17, 15) is 13.2 Å². The number of alkyl halides is 3. The van der Waals surface area contributed by atoms with Crippen LogP contribution in [0.2, 0.25) is 5.02 Å². The van der Waals surface area contributed by atoms with Gasteiger partial charge in [-0.25, -0.2) is 4.99 Å². The van der Waals surface area contributed by atoms with Crippen LogP contribution in [0, 0.1) is 0 Å². The molecule has 0 radical (unpaired) electrons. The predicted octanol–water partition coefficient (Wildman–Crippen LogP) is 4.06. The van der Waals surface area contributed by atoms with Gasteiger partial charge in [0.15, 0.2) is 0 Å². The zero-order chi connectivity index (χ0) is 18.2. The van der Waals surface area contributed by atoms with Crippen LogP contribution in [0.5, 0.6) is 0 Å². The molecule has 2 aliphatic rings. The summed E-state index contributed by atoms with van der Waals surface area (Å²) in [6, 6.07) is 4.35. The number of nitrogens with two attached hydrogens (primary N) is 2. The summed E-state index contributed by atoms with van der Waals surface area (Å²) < 4.78 is 37.8. The summed E-state index contributed by atoms with van der Waals surface area (Å²) in [5, 5.41) is 0.00103. The topological polar surface area (TPSA) is 80.0 Å². The summed E-state index contributed by atoms with van der Waals surface area (Å²) >= 11 is 5.82. The number of guanidine groups is 2. The maximum absolute atomic E-state index is 12.6. The quantitative estimate of drug-likeness (QED) is 0.745. The molecule has 5 nitrogen and oxygen atoms in total. The van der Waals surface area contributed by atoms with Crippen molar-refractivity contribution in [3.63, 3.8) is 0 Å². The van der Waals surface area contributed by atoms with Gasteiger partial charge in [0, 0.05) is 10.6 Å². The highest BCUT2D eigenvalue weighted by atomic mass is 35.5. The van der Waals surface area contributed by atoms with Gasteiger partial charge in [0.1, 0.15) is 5.66 Å². The molecule has 10 heteroatoms. The van der Waals surface area contributed by atoms with Crippen molar-refractivity contribution in [2.75, 3.05) is 4.90 Å². The highest BCUT2D eigenvalue weighted by Crippen LogP contribution is 2.44. The second-order valence-corrected chi connectivity index (χ2v) is 7.50. The summed E-state index contributed by atoms with van der Waals surface area (Å²) in [6.07, 6.45) is 4.47. The standard InChI is InChI=1S/C15H17ClF3N5S/c16-10-8-9(4-5-11(10)25-15(17,18)19)24-13(21)22-12(20)23-14(24)6-2-1-3-7-14/h4-5,8H,1-3,6-7H2,(H4,20,21,22,23). The zero-order valence-electron chi connectivity index (χ0n) is 13.2. The summed E-state index contributed by atoms with van der Waals surface area (Å²) in [7, 11) is 0. The van der Waals surface area contributed by atoms with Gasteiger partial charge >= 0.3 is 5.51 Å². The van der Waals surface area contributed by atoms with Crippen molar-refractivity contribution in [3.8, 4) is 0 Å². The van der Waals surface area contributed by atoms with Crippen LogP contribution >= 0.6 is 23.4 Å². The molecule has 0 atom stereocenters. The number of aliphatic imine (C=N–C) groups is 2. The molecule has 0 bridgehead atoms. The van der Waals surface area contributed by atoms with Crippen LogP contribution in [0.3, 0.4) is 0 Å². The largest absolute Gasteiger partial charge is 0.446 e. The van der Waals surface area contributed by atoms with E-state index in [-0.39, 0.29) is 33.6 Å². The predicted molar refractivity (Wildman–Crippen MR) is 94.9 cm³/mol. The molecular weight excluding hydrogens is 375 g/mol. The van der Waals surface area contributed by atoms with E-state index in [0.717, 1.165) is 32.1 Å². The van der Waals surface area contributed by atoms with Crippen LogP contribution in [0.15, 0.2) is 33.1 Å². The molecule has 0 amide bonds. The van der Waals surface area contributed by atoms with Gasteiger partial charge in [-0.1, -0.05) is 18.0 Å². The number of hydrogen-bond donors (Lipinski definition) is 2. The summed E-state index contributed by atoms with van der Waals surface area (Å²) in [4.78, 5) is 10.2. The van der Waals surface area contributed by atoms with Gasteiger partial charge in [0.2, 0.25) is 11.9 Å². The lowest BCUT2D eigenvalue weighted by molar-refractivity contribution is -0.0328. The van der Waals surface area contributed by atoms with Crippen LogP contribution in [-0.2, 0) is 0 Å². The second-order valence-electron chi connectivity index (χ2n) is 5.98. The third-order valence-corrected chi connectivity index (χ3v) is 5.48. The minimum atomic E-state index is -4.40. The highest BCUT2D eigenvalue weighted by Gasteiger charge is 2.42. The van der Waals surface area contributed by atoms with E-state index in [2.05, 4.69) is 9.98 Å². The summed E-state index contributed by atoms with van der Waals surface area (Å²) in [6.45, 7) is 0. The molecule has 136 valence electrons. The van der Waals surface area contributed by atoms with Crippen molar-refractivity contribution in [1.82, 2.24) is 0 Å². The van der Waals surface area contributed by atoms with E-state index in [4.69, 9.17) is 23.1 Å². The first-order valence-electron chi connectivity index (χ1n) is 7.75. The number of anilines is 1. The number of benzene rings is 1. The van der Waals surface area contributed by atoms with Crippen LogP contribution < -0.4 is 16.4 Å². The van der Waals surface area contributed by atoms with E-state index in [1.54, 1.807) is 11.0 Å². The number of hydrogen-bond acceptors (Lipinski definition) is 6. The Balaban J connectivity index is 1.98. The third-order valence-electron chi connectivity index (χ3n) is 4.25. The van der Waals surface area contributed by atoms with Gasteiger partial charge in [-0.15, -0.1) is 0 Å². The first-order chi connectivity index (χ1) is 11.7. The molecule has 1 aliphatic carbocycles. The van der Waals surface area contributed by atoms with Crippen molar-refractivity contribution in [2.45, 2.75) is 48.2 Å². The average Bonchev–Trinajstić information content (AvgIpc) is 2.48. The number of nitrogens with zero attached hydrogens (tertiary/aromatic N) is 3. The lowest BCUT2D eigenvalue weighted by atomic mass is 9.87. The molecule has 4 N–H and O–H groups in total. The molecule has 0 aromatic heterocycles. The Labute approximate surface area is 152 Å². The first kappa shape index (κ1) is 18.2. The number of thioether (sulfide) groups is 1. The summed E-state index contributed by atoms with van der Waals surface area (Å²) in [5.74, 6) is 0.285. The second kappa shape index (κ2) is 6.60. The van der Waals surface area contributed by atoms with Crippen molar-refractivity contribution >= 4 is 41.0 Å². The Morgan fingerprint density at radius 3 is 2.44 bits per heavy atom. The fourth-order valence-corrected chi connectivity index (χ4v) is 4.16. The van der Waals surface area contributed by atoms with Gasteiger partial charge in [0.25, 0.3) is 0 Å². The Hall–Kier alpha value is -1.61. The molecule has 1 saturated carbocycles. The zero-order valence-corrected chi connectivity index (χ0v) is 14.8. The maximum Gasteiger partial charge on any atom is 0.446 e. The van der Waals surface area contributed by atoms with Gasteiger partial charge in [-0.2, -0.15) is 18.2 Å². The smallest absolute Gasteiger partial charge is 0.369 e. The highest BCUT2D eigenvalue weighted by molar-refractivity contribution is 8.00. The Morgan fingerprint density at radius 2 is 1.84 bits per heavy atom. The van der Waals surface area contributed by atoms with Crippen molar-refractivity contribution in [1.29, 1.82) is 0 Å². The normalized spacial score (nSPS) is 20.4. The fourth-order valence-electron chi connectivity index (χ4n) is 3.33. The van der Waals surface area contributed by atoms with Crippen LogP contribution in [0.4, 0.5) is 18.9 Å². The maximum atomic E-state index is 12.6. The summed E-state index contributed by atoms with van der Waals surface area (Å²) in [5.41, 5.74) is 7.37. The lowest BCUT2D eigenvalue weighted by Crippen LogP contribution is -2.58. The molecule has 1 aliphatic heterocycles. The van der Waals surface area contributed by atoms with Crippen LogP contribution in [0.25, 0.3) is 0 Å². The van der Waals surface area contributed by atoms with E-state index < -0.39 is 11.2 Å². The molecule has 1 spiro atoms. The SMILES string of the molecule is NC1=NC2(CCCCC2)N(c2ccc(SC(F)(F)F)c(Cl)c2)C(N)=N1. The van der Waals surface area contributed by atoms with Crippen LogP contribution in [-0.4, -0.2) is 23.1 Å². The molecule has 1 heterocycles. The van der Waals surface area contributed by atoms with Gasteiger partial charge in [-0.3, -0.25) is 4.90 Å². The average molecular weight is 392 g/mol. The molecule has 0 saturated heterocycles. The lowest BCUT2D eigenvalue weighted by Gasteiger charge is -2.45. The Bertz CT molecular complexity index is 728. The van der Waals surface area contributed by atoms with E-state index in [1.807, 2.05) is 0 Å². The first-order valence-corrected chi connectivity index (χ1v) is 8.95. The molecule has 1 aromatic carbocycles. The number of rotatable bonds is 2. The Kier molecular flexibility index (Phi) is 4.80. The van der Waals surface area contributed by atoms with E-state index in [1.165, 1.54) is 12.1 Å². The van der Waals surface area contributed by atoms with E-state index >= 15 is 0 Å². The van der Waals surface area contributed by atoms with Crippen molar-refractivity contribution < 1.29 is 13.2 Å². The van der Waals surface area contributed by atoms with Gasteiger partial charge < -0.3 is 11.5 Å². The molecule has 1 fully saturated rings. The molecule has 0 unspecified atom stereocenters. The number of halogens is 4. The van der Waals surface area contributed by atoms with Crippen LogP contribution in [0.1, 0.15) is 32.1 Å². The van der Waals surface area contributed by atoms with Crippen molar-refractivity contribution in [3.05, 3.63) is 23.2 Å².